The van der Waals surface area contributed by atoms with Crippen molar-refractivity contribution in [1.29, 1.82) is 5.26 Å². The quantitative estimate of drug-likeness (QED) is 0.871. The number of benzene rings is 1. The van der Waals surface area contributed by atoms with Crippen LogP contribution in [-0.4, -0.2) is 10.5 Å². The van der Waals surface area contributed by atoms with E-state index in [4.69, 9.17) is 11.6 Å². The van der Waals surface area contributed by atoms with Crippen LogP contribution >= 0.6 is 23.1 Å². The molecule has 1 aromatic heterocycles. The number of halogens is 1. The van der Waals surface area contributed by atoms with E-state index in [2.05, 4.69) is 20.3 Å². The van der Waals surface area contributed by atoms with Gasteiger partial charge < -0.3 is 5.32 Å². The van der Waals surface area contributed by atoms with E-state index in [0.717, 1.165) is 29.3 Å². The molecule has 1 aliphatic rings. The lowest BCUT2D eigenvalue weighted by Gasteiger charge is -1.93. The van der Waals surface area contributed by atoms with Crippen molar-refractivity contribution in [3.8, 4) is 6.07 Å². The Kier molecular flexibility index (Phi) is 2.82. The number of anilines is 1. The summed E-state index contributed by atoms with van der Waals surface area (Å²) >= 11 is 7.33. The molecule has 3 rings (SSSR count). The Hall–Kier alpha value is -1.77. The second kappa shape index (κ2) is 4.48. The minimum Gasteiger partial charge on any atom is -0.368 e. The third-order valence-electron chi connectivity index (χ3n) is 2.67. The third-order valence-corrected chi connectivity index (χ3v) is 3.98. The molecule has 0 fully saturated rings. The summed E-state index contributed by atoms with van der Waals surface area (Å²) in [5, 5.41) is 13.1. The first kappa shape index (κ1) is 11.3. The van der Waals surface area contributed by atoms with Gasteiger partial charge in [-0.15, -0.1) is 0 Å². The number of aromatic nitrogens is 1. The van der Waals surface area contributed by atoms with Gasteiger partial charge in [0, 0.05) is 11.6 Å². The zero-order chi connectivity index (χ0) is 12.5. The maximum absolute atomic E-state index is 9.22. The Bertz CT molecular complexity index is 690. The molecule has 2 aromatic rings. The van der Waals surface area contributed by atoms with Gasteiger partial charge in [0.15, 0.2) is 4.67 Å². The molecule has 0 bridgehead atoms. The van der Waals surface area contributed by atoms with Gasteiger partial charge in [-0.1, -0.05) is 11.6 Å². The number of hydrogen-bond donors (Lipinski definition) is 1. The van der Waals surface area contributed by atoms with Gasteiger partial charge in [0.25, 0.3) is 0 Å². The molecule has 0 saturated heterocycles. The molecule has 0 unspecified atom stereocenters. The van der Waals surface area contributed by atoms with Gasteiger partial charge in [0.05, 0.1) is 12.2 Å². The van der Waals surface area contributed by atoms with E-state index in [1.807, 2.05) is 12.1 Å². The molecule has 1 aliphatic heterocycles. The standard InChI is InChI=1S/C12H9ClN4S/c13-8-1-3-9(4-2-8)16-12-10(7-14)11-15-5-6-17(11)18-12/h1-4,15H,5-6H2. The monoisotopic (exact) mass is 276 g/mol. The first-order valence-corrected chi connectivity index (χ1v) is 6.61. The summed E-state index contributed by atoms with van der Waals surface area (Å²) in [5.74, 6) is 0.884. The van der Waals surface area contributed by atoms with Crippen LogP contribution in [0.4, 0.5) is 11.5 Å². The lowest BCUT2D eigenvalue weighted by molar-refractivity contribution is 0.879. The Labute approximate surface area is 113 Å². The smallest absolute Gasteiger partial charge is 0.154 e. The molecular weight excluding hydrogens is 268 g/mol. The fraction of sp³-hybridized carbons (Fsp3) is 0.167. The maximum atomic E-state index is 9.22. The lowest BCUT2D eigenvalue weighted by Crippen LogP contribution is -2.03. The van der Waals surface area contributed by atoms with Crippen LogP contribution in [0.2, 0.25) is 5.02 Å². The Balaban J connectivity index is 2.13. The van der Waals surface area contributed by atoms with E-state index in [-0.39, 0.29) is 0 Å². The van der Waals surface area contributed by atoms with E-state index in [1.54, 1.807) is 12.1 Å². The minimum atomic E-state index is 0.618. The summed E-state index contributed by atoms with van der Waals surface area (Å²) in [6.07, 6.45) is 0. The van der Waals surface area contributed by atoms with Crippen LogP contribution in [0.25, 0.3) is 0 Å². The topological polar surface area (TPSA) is 53.1 Å². The first-order chi connectivity index (χ1) is 8.78. The molecule has 0 radical (unpaired) electrons. The first-order valence-electron chi connectivity index (χ1n) is 5.46. The van der Waals surface area contributed by atoms with Crippen LogP contribution in [0.1, 0.15) is 5.56 Å². The van der Waals surface area contributed by atoms with E-state index in [1.165, 1.54) is 11.5 Å². The van der Waals surface area contributed by atoms with Crippen molar-refractivity contribution in [2.75, 3.05) is 11.9 Å². The van der Waals surface area contributed by atoms with Crippen molar-refractivity contribution in [2.24, 2.45) is 4.99 Å². The highest BCUT2D eigenvalue weighted by Crippen LogP contribution is 2.22. The fourth-order valence-corrected chi connectivity index (χ4v) is 2.99. The summed E-state index contributed by atoms with van der Waals surface area (Å²) in [6, 6.07) is 9.48. The number of nitrogens with zero attached hydrogens (tertiary/aromatic N) is 3. The van der Waals surface area contributed by atoms with Crippen LogP contribution in [0.3, 0.4) is 0 Å². The average Bonchev–Trinajstić information content (AvgIpc) is 2.92. The average molecular weight is 277 g/mol. The highest BCUT2D eigenvalue weighted by atomic mass is 35.5. The van der Waals surface area contributed by atoms with Crippen molar-refractivity contribution in [2.45, 2.75) is 6.54 Å². The molecule has 18 heavy (non-hydrogen) atoms. The van der Waals surface area contributed by atoms with Gasteiger partial charge in [-0.25, -0.2) is 4.99 Å². The largest absolute Gasteiger partial charge is 0.368 e. The predicted octanol–water partition coefficient (Wildman–Crippen LogP) is 2.73. The molecule has 0 atom stereocenters. The van der Waals surface area contributed by atoms with Crippen molar-refractivity contribution >= 4 is 34.6 Å². The SMILES string of the molecule is N#Cc1c2n(sc1=Nc1ccc(Cl)cc1)CCN2. The van der Waals surface area contributed by atoms with Gasteiger partial charge >= 0.3 is 0 Å². The number of rotatable bonds is 1. The number of nitrogens with one attached hydrogen (secondary N) is 1. The zero-order valence-electron chi connectivity index (χ0n) is 9.35. The van der Waals surface area contributed by atoms with Crippen LogP contribution < -0.4 is 9.99 Å². The van der Waals surface area contributed by atoms with Crippen molar-refractivity contribution in [3.05, 3.63) is 39.5 Å². The van der Waals surface area contributed by atoms with Gasteiger partial charge in [0.1, 0.15) is 17.5 Å². The summed E-state index contributed by atoms with van der Waals surface area (Å²) < 4.78 is 2.80. The van der Waals surface area contributed by atoms with E-state index in [9.17, 15) is 5.26 Å². The van der Waals surface area contributed by atoms with Gasteiger partial charge in [-0.3, -0.25) is 3.96 Å². The molecule has 4 nitrogen and oxygen atoms in total. The number of fused-ring (bicyclic) bond motifs is 1. The van der Waals surface area contributed by atoms with Gasteiger partial charge in [-0.05, 0) is 35.8 Å². The third kappa shape index (κ3) is 1.90. The summed E-state index contributed by atoms with van der Waals surface area (Å²) in [4.78, 5) is 4.49. The normalized spacial score (nSPS) is 14.1. The van der Waals surface area contributed by atoms with Gasteiger partial charge in [0.2, 0.25) is 0 Å². The van der Waals surface area contributed by atoms with Crippen LogP contribution in [0.5, 0.6) is 0 Å². The second-order valence-corrected chi connectivity index (χ2v) is 5.30. The van der Waals surface area contributed by atoms with E-state index >= 15 is 0 Å². The predicted molar refractivity (Wildman–Crippen MR) is 72.2 cm³/mol. The molecule has 0 aliphatic carbocycles. The molecule has 0 amide bonds. The van der Waals surface area contributed by atoms with Crippen molar-refractivity contribution < 1.29 is 0 Å². The van der Waals surface area contributed by atoms with E-state index < -0.39 is 0 Å². The molecule has 0 saturated carbocycles. The Morgan fingerprint density at radius 1 is 1.39 bits per heavy atom. The minimum absolute atomic E-state index is 0.618. The summed E-state index contributed by atoms with van der Waals surface area (Å²) in [6.45, 7) is 1.77. The number of hydrogen-bond acceptors (Lipinski definition) is 4. The molecule has 2 heterocycles. The molecule has 1 aromatic carbocycles. The van der Waals surface area contributed by atoms with Crippen molar-refractivity contribution in [3.63, 3.8) is 0 Å². The maximum Gasteiger partial charge on any atom is 0.154 e. The lowest BCUT2D eigenvalue weighted by atomic mass is 10.3. The zero-order valence-corrected chi connectivity index (χ0v) is 10.9. The molecule has 90 valence electrons. The summed E-state index contributed by atoms with van der Waals surface area (Å²) in [5.41, 5.74) is 1.42. The van der Waals surface area contributed by atoms with Crippen LogP contribution in [-0.2, 0) is 6.54 Å². The Morgan fingerprint density at radius 2 is 2.17 bits per heavy atom. The molecule has 0 spiro atoms. The fourth-order valence-electron chi connectivity index (χ4n) is 1.84. The van der Waals surface area contributed by atoms with E-state index in [0.29, 0.717) is 10.6 Å². The number of nitriles is 1. The molecular formula is C12H9ClN4S. The van der Waals surface area contributed by atoms with Crippen LogP contribution in [0.15, 0.2) is 29.3 Å². The molecule has 6 heteroatoms. The second-order valence-electron chi connectivity index (χ2n) is 3.85. The highest BCUT2D eigenvalue weighted by Gasteiger charge is 2.17. The Morgan fingerprint density at radius 3 is 2.89 bits per heavy atom. The highest BCUT2D eigenvalue weighted by molar-refractivity contribution is 7.04. The van der Waals surface area contributed by atoms with Crippen molar-refractivity contribution in [1.82, 2.24) is 3.96 Å². The van der Waals surface area contributed by atoms with Gasteiger partial charge in [-0.2, -0.15) is 5.26 Å². The summed E-state index contributed by atoms with van der Waals surface area (Å²) in [7, 11) is 0. The van der Waals surface area contributed by atoms with Crippen LogP contribution in [0, 0.1) is 11.3 Å². The molecule has 1 N–H and O–H groups in total.